The number of aliphatic carboxylic acids is 2. The van der Waals surface area contributed by atoms with Gasteiger partial charge in [0.1, 0.15) is 11.5 Å². The van der Waals surface area contributed by atoms with Crippen LogP contribution >= 0.6 is 0 Å². The Morgan fingerprint density at radius 1 is 0.816 bits per heavy atom. The van der Waals surface area contributed by atoms with Crippen LogP contribution in [-0.2, 0) is 16.0 Å². The third-order valence-corrected chi connectivity index (χ3v) is 7.64. The average Bonchev–Trinajstić information content (AvgIpc) is 2.88. The van der Waals surface area contributed by atoms with Crippen molar-refractivity contribution in [3.8, 4) is 11.5 Å². The second kappa shape index (κ2) is 17.9. The Morgan fingerprint density at radius 2 is 1.34 bits per heavy atom. The average molecular weight is 533 g/mol. The largest absolute Gasteiger partial charge is 0.507 e. The number of carboxylic acids is 2. The monoisotopic (exact) mass is 532 g/mol. The van der Waals surface area contributed by atoms with Crippen molar-refractivity contribution in [1.29, 1.82) is 0 Å². The molecule has 1 aliphatic heterocycles. The third kappa shape index (κ3) is 11.5. The van der Waals surface area contributed by atoms with Crippen LogP contribution in [0.4, 0.5) is 0 Å². The molecule has 1 heterocycles. The summed E-state index contributed by atoms with van der Waals surface area (Å²) in [7, 11) is 0. The van der Waals surface area contributed by atoms with Crippen LogP contribution in [0.2, 0.25) is 0 Å². The van der Waals surface area contributed by atoms with Crippen LogP contribution in [0.25, 0.3) is 0 Å². The Hall–Kier alpha value is -2.50. The van der Waals surface area contributed by atoms with Gasteiger partial charge in [-0.15, -0.1) is 0 Å². The second-order valence-electron chi connectivity index (χ2n) is 10.9. The highest BCUT2D eigenvalue weighted by Gasteiger charge is 2.40. The lowest BCUT2D eigenvalue weighted by Gasteiger charge is -2.34. The Morgan fingerprint density at radius 3 is 1.84 bits per heavy atom. The molecule has 0 fully saturated rings. The van der Waals surface area contributed by atoms with Crippen molar-refractivity contribution < 1.29 is 29.6 Å². The summed E-state index contributed by atoms with van der Waals surface area (Å²) in [6.07, 6.45) is 22.3. The maximum atomic E-state index is 11.3. The third-order valence-electron chi connectivity index (χ3n) is 7.64. The van der Waals surface area contributed by atoms with Gasteiger partial charge in [-0.2, -0.15) is 0 Å². The minimum atomic E-state index is -1.17. The van der Waals surface area contributed by atoms with Crippen molar-refractivity contribution in [2.45, 2.75) is 143 Å². The highest BCUT2D eigenvalue weighted by atomic mass is 16.5. The van der Waals surface area contributed by atoms with E-state index in [1.165, 1.54) is 64.2 Å². The summed E-state index contributed by atoms with van der Waals surface area (Å²) in [6.45, 7) is 9.28. The Labute approximate surface area is 230 Å². The summed E-state index contributed by atoms with van der Waals surface area (Å²) >= 11 is 0. The number of fused-ring (bicyclic) bond motifs is 1. The molecule has 0 radical (unpaired) electrons. The predicted octanol–water partition coefficient (Wildman–Crippen LogP) is 8.59. The normalized spacial score (nSPS) is 16.4. The minimum Gasteiger partial charge on any atom is -0.507 e. The first-order valence-electron chi connectivity index (χ1n) is 14.7. The summed E-state index contributed by atoms with van der Waals surface area (Å²) in [4.78, 5) is 21.6. The van der Waals surface area contributed by atoms with Crippen molar-refractivity contribution in [1.82, 2.24) is 0 Å². The summed E-state index contributed by atoms with van der Waals surface area (Å²) in [5.41, 5.74) is 2.11. The van der Waals surface area contributed by atoms with Gasteiger partial charge in [0.2, 0.25) is 5.60 Å². The van der Waals surface area contributed by atoms with E-state index in [1.807, 2.05) is 20.8 Å². The lowest BCUT2D eigenvalue weighted by atomic mass is 9.87. The number of phenols is 1. The van der Waals surface area contributed by atoms with E-state index in [-0.39, 0.29) is 5.75 Å². The number of carbonyl (C=O) groups is 2. The molecule has 3 N–H and O–H groups in total. The van der Waals surface area contributed by atoms with Crippen LogP contribution in [0.5, 0.6) is 11.5 Å². The fourth-order valence-corrected chi connectivity index (χ4v) is 4.81. The van der Waals surface area contributed by atoms with E-state index >= 15 is 0 Å². The molecular formula is C32H52O6. The zero-order valence-corrected chi connectivity index (χ0v) is 24.5. The van der Waals surface area contributed by atoms with E-state index in [4.69, 9.17) is 9.84 Å². The van der Waals surface area contributed by atoms with Gasteiger partial charge in [0.25, 0.3) is 0 Å². The number of unbranched alkanes of at least 4 members (excludes halogenated alkanes) is 11. The molecule has 0 saturated carbocycles. The zero-order valence-electron chi connectivity index (χ0n) is 24.5. The fourth-order valence-electron chi connectivity index (χ4n) is 4.81. The molecule has 2 rings (SSSR count). The number of rotatable bonds is 16. The van der Waals surface area contributed by atoms with Gasteiger partial charge in [0.15, 0.2) is 0 Å². The van der Waals surface area contributed by atoms with Crippen molar-refractivity contribution in [2.24, 2.45) is 0 Å². The molecule has 0 spiro atoms. The first-order valence-corrected chi connectivity index (χ1v) is 14.7. The summed E-state index contributed by atoms with van der Waals surface area (Å²) < 4.78 is 5.72. The number of aromatic hydroxyl groups is 1. The van der Waals surface area contributed by atoms with Gasteiger partial charge in [0, 0.05) is 18.4 Å². The first-order chi connectivity index (χ1) is 18.0. The Kier molecular flexibility index (Phi) is 15.8. The van der Waals surface area contributed by atoms with Gasteiger partial charge in [-0.05, 0) is 76.5 Å². The molecule has 6 nitrogen and oxygen atoms in total. The molecule has 216 valence electrons. The highest BCUT2D eigenvalue weighted by molar-refractivity contribution is 5.78. The molecule has 1 unspecified atom stereocenters. The van der Waals surface area contributed by atoms with Crippen molar-refractivity contribution in [3.63, 3.8) is 0 Å². The van der Waals surface area contributed by atoms with E-state index < -0.39 is 17.5 Å². The van der Waals surface area contributed by atoms with E-state index in [9.17, 15) is 19.8 Å². The van der Waals surface area contributed by atoms with E-state index in [0.29, 0.717) is 25.0 Å². The quantitative estimate of drug-likeness (QED) is 0.145. The maximum absolute atomic E-state index is 11.3. The summed E-state index contributed by atoms with van der Waals surface area (Å²) in [5.74, 6) is -0.696. The molecule has 6 heteroatoms. The molecule has 0 aliphatic carbocycles. The lowest BCUT2D eigenvalue weighted by molar-refractivity contribution is -0.155. The Bertz CT molecular complexity index is 904. The molecule has 1 aromatic rings. The number of benzene rings is 1. The van der Waals surface area contributed by atoms with Gasteiger partial charge in [-0.1, -0.05) is 76.9 Å². The lowest BCUT2D eigenvalue weighted by Crippen LogP contribution is -2.44. The zero-order chi connectivity index (χ0) is 28.6. The molecule has 0 saturated heterocycles. The van der Waals surface area contributed by atoms with Crippen LogP contribution in [0, 0.1) is 20.8 Å². The number of phenolic OH excluding ortho intramolecular Hbond substituents is 1. The van der Waals surface area contributed by atoms with Crippen molar-refractivity contribution >= 4 is 11.9 Å². The number of hydrogen-bond acceptors (Lipinski definition) is 4. The molecule has 38 heavy (non-hydrogen) atoms. The molecule has 0 bridgehead atoms. The number of allylic oxidation sites excluding steroid dienone is 2. The summed E-state index contributed by atoms with van der Waals surface area (Å²) in [5, 5.41) is 27.8. The standard InChI is InChI=1S/C18H34O2.C14H18O4/c1-2-3-4-5-6-7-8-9-10-11-12-13-14-15-16-17-18(19)20;1-7-8(2)12-10(9(3)11(7)15)5-6-14(4,18-12)13(16)17/h3-4H,2,5-17H2,1H3,(H,19,20);15H,5-6H2,1-4H3,(H,16,17)/b4-3+;. The van der Waals surface area contributed by atoms with Crippen LogP contribution in [0.3, 0.4) is 0 Å². The maximum Gasteiger partial charge on any atom is 0.347 e. The van der Waals surface area contributed by atoms with Gasteiger partial charge >= 0.3 is 11.9 Å². The smallest absolute Gasteiger partial charge is 0.347 e. The number of hydrogen-bond donors (Lipinski definition) is 3. The van der Waals surface area contributed by atoms with Crippen LogP contribution in [0.1, 0.15) is 132 Å². The molecule has 0 amide bonds. The minimum absolute atomic E-state index is 0.286. The molecule has 0 aromatic heterocycles. The fraction of sp³-hybridized carbons (Fsp3) is 0.688. The predicted molar refractivity (Wildman–Crippen MR) is 154 cm³/mol. The van der Waals surface area contributed by atoms with Crippen LogP contribution < -0.4 is 4.74 Å². The van der Waals surface area contributed by atoms with E-state index in [1.54, 1.807) is 6.92 Å². The van der Waals surface area contributed by atoms with E-state index in [0.717, 1.165) is 41.5 Å². The van der Waals surface area contributed by atoms with Gasteiger partial charge < -0.3 is 20.1 Å². The molecule has 1 atom stereocenters. The van der Waals surface area contributed by atoms with E-state index in [2.05, 4.69) is 19.1 Å². The first kappa shape index (κ1) is 33.5. The summed E-state index contributed by atoms with van der Waals surface area (Å²) in [6, 6.07) is 0. The van der Waals surface area contributed by atoms with Crippen LogP contribution in [0.15, 0.2) is 12.2 Å². The van der Waals surface area contributed by atoms with Gasteiger partial charge in [-0.3, -0.25) is 4.79 Å². The second-order valence-corrected chi connectivity index (χ2v) is 10.9. The topological polar surface area (TPSA) is 104 Å². The van der Waals surface area contributed by atoms with Gasteiger partial charge in [-0.25, -0.2) is 4.79 Å². The molecule has 1 aliphatic rings. The Balaban J connectivity index is 0.000000381. The van der Waals surface area contributed by atoms with Crippen molar-refractivity contribution in [3.05, 3.63) is 34.4 Å². The van der Waals surface area contributed by atoms with Crippen LogP contribution in [-0.4, -0.2) is 32.9 Å². The number of ether oxygens (including phenoxy) is 1. The SMILES string of the molecule is CC/C=C/CCCCCCCCCCCCCC(=O)O.Cc1c(C)c2c(c(C)c1O)CCC(C)(C(=O)O)O2. The van der Waals surface area contributed by atoms with Crippen molar-refractivity contribution in [2.75, 3.05) is 0 Å². The number of carboxylic acid groups (broad SMARTS) is 2. The van der Waals surface area contributed by atoms with Gasteiger partial charge in [0.05, 0.1) is 0 Å². The molecule has 1 aromatic carbocycles. The molecular weight excluding hydrogens is 480 g/mol. The highest BCUT2D eigenvalue weighted by Crippen LogP contribution is 2.43.